The molecule has 1 saturated heterocycles. The highest BCUT2D eigenvalue weighted by Crippen LogP contribution is 2.33. The van der Waals surface area contributed by atoms with Gasteiger partial charge in [-0.1, -0.05) is 5.16 Å². The number of hydrogen-bond acceptors (Lipinski definition) is 4. The number of nitrogens with one attached hydrogen (secondary N) is 1. The summed E-state index contributed by atoms with van der Waals surface area (Å²) in [5.41, 5.74) is 0.275. The van der Waals surface area contributed by atoms with Gasteiger partial charge in [-0.15, -0.1) is 0 Å². The van der Waals surface area contributed by atoms with E-state index in [0.29, 0.717) is 25.9 Å². The van der Waals surface area contributed by atoms with E-state index in [9.17, 15) is 18.0 Å². The van der Waals surface area contributed by atoms with Crippen LogP contribution in [0.3, 0.4) is 0 Å². The fraction of sp³-hybridized carbons (Fsp3) is 0.500. The van der Waals surface area contributed by atoms with E-state index in [-0.39, 0.29) is 5.92 Å². The van der Waals surface area contributed by atoms with Crippen molar-refractivity contribution < 1.29 is 22.5 Å². The number of aromatic nitrogens is 3. The summed E-state index contributed by atoms with van der Waals surface area (Å²) in [5, 5.41) is 9.76. The first-order chi connectivity index (χ1) is 10.9. The third-order valence-electron chi connectivity index (χ3n) is 4.16. The first-order valence-electron chi connectivity index (χ1n) is 7.18. The molecule has 1 amide bonds. The fourth-order valence-electron chi connectivity index (χ4n) is 2.93. The van der Waals surface area contributed by atoms with Gasteiger partial charge in [-0.25, -0.2) is 0 Å². The van der Waals surface area contributed by atoms with Crippen LogP contribution in [0.2, 0.25) is 0 Å². The molecular weight excluding hydrogens is 313 g/mol. The second-order valence-corrected chi connectivity index (χ2v) is 5.59. The van der Waals surface area contributed by atoms with Crippen LogP contribution in [0, 0.1) is 6.92 Å². The van der Waals surface area contributed by atoms with E-state index in [1.165, 1.54) is 4.90 Å². The maximum atomic E-state index is 12.8. The van der Waals surface area contributed by atoms with Crippen LogP contribution in [-0.4, -0.2) is 39.3 Å². The zero-order valence-corrected chi connectivity index (χ0v) is 12.4. The van der Waals surface area contributed by atoms with Gasteiger partial charge in [0.25, 0.3) is 5.91 Å². The van der Waals surface area contributed by atoms with Crippen molar-refractivity contribution in [1.29, 1.82) is 0 Å². The van der Waals surface area contributed by atoms with Crippen molar-refractivity contribution in [2.24, 2.45) is 0 Å². The van der Waals surface area contributed by atoms with Crippen LogP contribution in [0.1, 0.15) is 46.1 Å². The highest BCUT2D eigenvalue weighted by Gasteiger charge is 2.41. The van der Waals surface area contributed by atoms with E-state index in [2.05, 4.69) is 19.9 Å². The molecule has 0 atom stereocenters. The number of hydrogen-bond donors (Lipinski definition) is 1. The molecule has 0 aliphatic carbocycles. The Labute approximate surface area is 129 Å². The molecule has 0 spiro atoms. The Balaban J connectivity index is 1.70. The predicted octanol–water partition coefficient (Wildman–Crippen LogP) is 2.74. The first kappa shape index (κ1) is 15.6. The average Bonchev–Trinajstić information content (AvgIpc) is 3.15. The van der Waals surface area contributed by atoms with Gasteiger partial charge in [0.15, 0.2) is 5.69 Å². The lowest BCUT2D eigenvalue weighted by molar-refractivity contribution is -0.143. The van der Waals surface area contributed by atoms with Gasteiger partial charge in [0.2, 0.25) is 0 Å². The zero-order chi connectivity index (χ0) is 16.6. The van der Waals surface area contributed by atoms with Gasteiger partial charge in [-0.05, 0) is 31.2 Å². The van der Waals surface area contributed by atoms with Crippen LogP contribution in [0.5, 0.6) is 0 Å². The van der Waals surface area contributed by atoms with E-state index < -0.39 is 23.3 Å². The van der Waals surface area contributed by atoms with Gasteiger partial charge in [-0.3, -0.25) is 9.89 Å². The van der Waals surface area contributed by atoms with E-state index in [1.807, 2.05) is 6.92 Å². The Morgan fingerprint density at radius 1 is 1.39 bits per heavy atom. The van der Waals surface area contributed by atoms with Gasteiger partial charge in [0.05, 0.1) is 6.20 Å². The van der Waals surface area contributed by atoms with Crippen molar-refractivity contribution in [1.82, 2.24) is 20.3 Å². The number of carbonyl (C=O) groups excluding carboxylic acids is 1. The molecule has 3 rings (SSSR count). The fourth-order valence-corrected chi connectivity index (χ4v) is 2.93. The van der Waals surface area contributed by atoms with Crippen molar-refractivity contribution in [3.63, 3.8) is 0 Å². The summed E-state index contributed by atoms with van der Waals surface area (Å²) in [4.78, 5) is 13.7. The van der Waals surface area contributed by atoms with Gasteiger partial charge in [-0.2, -0.15) is 18.3 Å². The number of nitrogens with zero attached hydrogens (tertiary/aromatic N) is 3. The summed E-state index contributed by atoms with van der Waals surface area (Å²) < 4.78 is 42.7. The summed E-state index contributed by atoms with van der Waals surface area (Å²) >= 11 is 0. The number of aromatic amines is 1. The number of likely N-dealkylation sites (tertiary alicyclic amines) is 1. The molecule has 0 unspecified atom stereocenters. The molecule has 23 heavy (non-hydrogen) atoms. The molecule has 9 heteroatoms. The number of rotatable bonds is 2. The molecule has 1 fully saturated rings. The Kier molecular flexibility index (Phi) is 3.87. The Morgan fingerprint density at radius 2 is 2.09 bits per heavy atom. The zero-order valence-electron chi connectivity index (χ0n) is 12.4. The number of carbonyl (C=O) groups is 1. The summed E-state index contributed by atoms with van der Waals surface area (Å²) in [5.74, 6) is -0.441. The van der Waals surface area contributed by atoms with E-state index >= 15 is 0 Å². The Hall–Kier alpha value is -2.32. The molecule has 0 radical (unpaired) electrons. The minimum atomic E-state index is -4.70. The van der Waals surface area contributed by atoms with Crippen molar-refractivity contribution in [3.05, 3.63) is 35.0 Å². The highest BCUT2D eigenvalue weighted by atomic mass is 19.4. The molecule has 2 aromatic rings. The Morgan fingerprint density at radius 3 is 2.65 bits per heavy atom. The number of amides is 1. The monoisotopic (exact) mass is 328 g/mol. The molecule has 2 aromatic heterocycles. The summed E-state index contributed by atoms with van der Waals surface area (Å²) in [6, 6.07) is 0. The first-order valence-corrected chi connectivity index (χ1v) is 7.18. The molecule has 3 heterocycles. The van der Waals surface area contributed by atoms with E-state index in [4.69, 9.17) is 0 Å². The lowest BCUT2D eigenvalue weighted by atomic mass is 9.89. The van der Waals surface area contributed by atoms with Crippen molar-refractivity contribution in [2.75, 3.05) is 13.1 Å². The van der Waals surface area contributed by atoms with Crippen molar-refractivity contribution >= 4 is 5.91 Å². The summed E-state index contributed by atoms with van der Waals surface area (Å²) in [7, 11) is 0. The quantitative estimate of drug-likeness (QED) is 0.920. The van der Waals surface area contributed by atoms with Crippen LogP contribution >= 0.6 is 0 Å². The molecule has 6 nitrogen and oxygen atoms in total. The van der Waals surface area contributed by atoms with Crippen LogP contribution in [0.25, 0.3) is 0 Å². The summed E-state index contributed by atoms with van der Waals surface area (Å²) in [6.45, 7) is 2.69. The third kappa shape index (κ3) is 2.95. The predicted molar refractivity (Wildman–Crippen MR) is 72.7 cm³/mol. The number of H-pyrrole nitrogens is 1. The van der Waals surface area contributed by atoms with E-state index in [0.717, 1.165) is 17.5 Å². The van der Waals surface area contributed by atoms with E-state index in [1.54, 1.807) is 6.20 Å². The maximum Gasteiger partial charge on any atom is 0.437 e. The molecule has 0 saturated carbocycles. The van der Waals surface area contributed by atoms with Crippen LogP contribution in [0.4, 0.5) is 13.2 Å². The standard InChI is InChI=1S/C14H15F3N4O2/c1-8-10(6-18-19-8)9-2-4-21(5-3-9)13(22)11-7-23-20-12(11)14(15,16)17/h6-7,9H,2-5H2,1H3,(H,18,19). The number of alkyl halides is 3. The SMILES string of the molecule is Cc1[nH]ncc1C1CCN(C(=O)c2conc2C(F)(F)F)CC1. The molecule has 1 aliphatic heterocycles. The largest absolute Gasteiger partial charge is 0.437 e. The van der Waals surface area contributed by atoms with Gasteiger partial charge >= 0.3 is 6.18 Å². The molecule has 1 aliphatic rings. The Bertz CT molecular complexity index is 699. The third-order valence-corrected chi connectivity index (χ3v) is 4.16. The minimum absolute atomic E-state index is 0.252. The van der Waals surface area contributed by atoms with Crippen LogP contribution in [0.15, 0.2) is 17.0 Å². The molecule has 0 aromatic carbocycles. The maximum absolute atomic E-state index is 12.8. The van der Waals surface area contributed by atoms with Gasteiger partial charge in [0, 0.05) is 18.8 Å². The van der Waals surface area contributed by atoms with Gasteiger partial charge < -0.3 is 9.42 Å². The molecular formula is C14H15F3N4O2. The van der Waals surface area contributed by atoms with Crippen LogP contribution < -0.4 is 0 Å². The lowest BCUT2D eigenvalue weighted by Crippen LogP contribution is -2.38. The van der Waals surface area contributed by atoms with Gasteiger partial charge in [0.1, 0.15) is 11.8 Å². The second kappa shape index (κ2) is 5.71. The minimum Gasteiger partial charge on any atom is -0.363 e. The van der Waals surface area contributed by atoms with Crippen molar-refractivity contribution in [2.45, 2.75) is 31.9 Å². The van der Waals surface area contributed by atoms with Crippen molar-refractivity contribution in [3.8, 4) is 0 Å². The smallest absolute Gasteiger partial charge is 0.363 e. The molecule has 0 bridgehead atoms. The highest BCUT2D eigenvalue weighted by molar-refractivity contribution is 5.95. The normalized spacial score (nSPS) is 16.8. The molecule has 124 valence electrons. The topological polar surface area (TPSA) is 75.0 Å². The molecule has 1 N–H and O–H groups in total. The van der Waals surface area contributed by atoms with Crippen LogP contribution in [-0.2, 0) is 6.18 Å². The summed E-state index contributed by atoms with van der Waals surface area (Å²) in [6.07, 6.45) is -0.821. The lowest BCUT2D eigenvalue weighted by Gasteiger charge is -2.31. The number of piperidine rings is 1. The average molecular weight is 328 g/mol. The number of halogens is 3. The number of aryl methyl sites for hydroxylation is 1. The second-order valence-electron chi connectivity index (χ2n) is 5.59.